The molecule has 150 valence electrons. The minimum Gasteiger partial charge on any atom is -0.408 e. The maximum atomic E-state index is 13.0. The normalized spacial score (nSPS) is 19.7. The Morgan fingerprint density at radius 2 is 1.86 bits per heavy atom. The van der Waals surface area contributed by atoms with Gasteiger partial charge < -0.3 is 14.1 Å². The lowest BCUT2D eigenvalue weighted by Crippen LogP contribution is -2.50. The molecule has 1 atom stereocenters. The second kappa shape index (κ2) is 6.86. The van der Waals surface area contributed by atoms with Crippen LogP contribution in [-0.4, -0.2) is 47.0 Å². The quantitative estimate of drug-likeness (QED) is 0.721. The Bertz CT molecular complexity index is 1140. The highest BCUT2D eigenvalue weighted by Gasteiger charge is 2.34. The number of hydrogen-bond donors (Lipinski definition) is 1. The summed E-state index contributed by atoms with van der Waals surface area (Å²) in [5, 5.41) is 0. The average Bonchev–Trinajstić information content (AvgIpc) is 3.16. The SMILES string of the molecule is COC1CN(Cc2ccc3c(c2)[C@H](C)N(Cc2ccc4[nH]c(=O)oc4c2)C3=O)C1. The first-order valence-corrected chi connectivity index (χ1v) is 9.82. The van der Waals surface area contributed by atoms with Gasteiger partial charge in [0.1, 0.15) is 0 Å². The summed E-state index contributed by atoms with van der Waals surface area (Å²) in [4.78, 5) is 31.2. The van der Waals surface area contributed by atoms with Crippen molar-refractivity contribution in [3.8, 4) is 0 Å². The number of hydrogen-bond acceptors (Lipinski definition) is 5. The summed E-state index contributed by atoms with van der Waals surface area (Å²) in [5.74, 6) is -0.431. The summed E-state index contributed by atoms with van der Waals surface area (Å²) in [6, 6.07) is 11.7. The molecule has 2 aromatic carbocycles. The Morgan fingerprint density at radius 1 is 1.10 bits per heavy atom. The molecule has 0 spiro atoms. The van der Waals surface area contributed by atoms with E-state index in [1.54, 1.807) is 7.11 Å². The molecular formula is C22H23N3O4. The van der Waals surface area contributed by atoms with Gasteiger partial charge in [0.15, 0.2) is 5.58 Å². The topological polar surface area (TPSA) is 78.8 Å². The maximum Gasteiger partial charge on any atom is 0.417 e. The van der Waals surface area contributed by atoms with Gasteiger partial charge in [0.05, 0.1) is 17.7 Å². The van der Waals surface area contributed by atoms with Gasteiger partial charge in [-0.1, -0.05) is 18.2 Å². The Hall–Kier alpha value is -2.90. The fraction of sp³-hybridized carbons (Fsp3) is 0.364. The highest BCUT2D eigenvalue weighted by molar-refractivity contribution is 5.99. The Morgan fingerprint density at radius 3 is 2.66 bits per heavy atom. The van der Waals surface area contributed by atoms with Crippen molar-refractivity contribution >= 4 is 17.0 Å². The van der Waals surface area contributed by atoms with Crippen molar-refractivity contribution in [3.05, 3.63) is 69.2 Å². The number of aromatic nitrogens is 1. The van der Waals surface area contributed by atoms with Gasteiger partial charge in [-0.3, -0.25) is 14.7 Å². The molecule has 2 aliphatic rings. The standard InChI is InChI=1S/C22H23N3O4/c1-13-18-7-14(9-24-11-16(12-24)28-2)3-5-17(18)21(26)25(13)10-15-4-6-19-20(8-15)29-22(27)23-19/h3-8,13,16H,9-12H2,1-2H3,(H,23,27)/t13-/m0/s1. The first-order chi connectivity index (χ1) is 14.0. The van der Waals surface area contributed by atoms with E-state index in [4.69, 9.17) is 9.15 Å². The van der Waals surface area contributed by atoms with E-state index in [2.05, 4.69) is 22.9 Å². The summed E-state index contributed by atoms with van der Waals surface area (Å²) >= 11 is 0. The molecule has 0 unspecified atom stereocenters. The molecule has 1 N–H and O–H groups in total. The molecule has 0 radical (unpaired) electrons. The zero-order valence-electron chi connectivity index (χ0n) is 16.5. The fourth-order valence-electron chi connectivity index (χ4n) is 4.30. The highest BCUT2D eigenvalue weighted by atomic mass is 16.5. The van der Waals surface area contributed by atoms with Crippen LogP contribution in [0.25, 0.3) is 11.1 Å². The number of fused-ring (bicyclic) bond motifs is 2. The lowest BCUT2D eigenvalue weighted by molar-refractivity contribution is -0.0334. The van der Waals surface area contributed by atoms with Crippen LogP contribution in [0.2, 0.25) is 0 Å². The van der Waals surface area contributed by atoms with Crippen molar-refractivity contribution in [1.29, 1.82) is 0 Å². The van der Waals surface area contributed by atoms with Crippen molar-refractivity contribution in [2.24, 2.45) is 0 Å². The van der Waals surface area contributed by atoms with E-state index in [-0.39, 0.29) is 11.9 Å². The summed E-state index contributed by atoms with van der Waals surface area (Å²) < 4.78 is 10.5. The van der Waals surface area contributed by atoms with Crippen molar-refractivity contribution < 1.29 is 13.9 Å². The minimum absolute atomic E-state index is 0.00510. The molecule has 7 nitrogen and oxygen atoms in total. The van der Waals surface area contributed by atoms with Crippen LogP contribution < -0.4 is 5.76 Å². The summed E-state index contributed by atoms with van der Waals surface area (Å²) in [6.45, 7) is 5.30. The molecule has 0 saturated carbocycles. The Balaban J connectivity index is 1.34. The summed E-state index contributed by atoms with van der Waals surface area (Å²) in [7, 11) is 1.75. The molecule has 1 saturated heterocycles. The Kier molecular flexibility index (Phi) is 4.29. The van der Waals surface area contributed by atoms with Crippen LogP contribution in [-0.2, 0) is 17.8 Å². The van der Waals surface area contributed by atoms with Crippen molar-refractivity contribution in [1.82, 2.24) is 14.8 Å². The lowest BCUT2D eigenvalue weighted by Gasteiger charge is -2.38. The number of benzene rings is 2. The van der Waals surface area contributed by atoms with Gasteiger partial charge in [-0.05, 0) is 41.8 Å². The van der Waals surface area contributed by atoms with E-state index in [0.717, 1.165) is 36.3 Å². The molecule has 3 aromatic rings. The molecule has 0 bridgehead atoms. The molecule has 5 rings (SSSR count). The van der Waals surface area contributed by atoms with Crippen LogP contribution in [0.1, 0.15) is 40.0 Å². The molecule has 7 heteroatoms. The number of amides is 1. The number of carbonyl (C=O) groups excluding carboxylic acids is 1. The number of H-pyrrole nitrogens is 1. The monoisotopic (exact) mass is 393 g/mol. The number of rotatable bonds is 5. The van der Waals surface area contributed by atoms with Crippen LogP contribution in [0.4, 0.5) is 0 Å². The summed E-state index contributed by atoms with van der Waals surface area (Å²) in [6.07, 6.45) is 0.335. The first kappa shape index (κ1) is 18.1. The number of carbonyl (C=O) groups is 1. The van der Waals surface area contributed by atoms with Gasteiger partial charge in [0.25, 0.3) is 5.91 Å². The zero-order valence-corrected chi connectivity index (χ0v) is 16.5. The smallest absolute Gasteiger partial charge is 0.408 e. The molecule has 1 aromatic heterocycles. The van der Waals surface area contributed by atoms with Crippen LogP contribution in [0.15, 0.2) is 45.6 Å². The molecule has 29 heavy (non-hydrogen) atoms. The molecule has 1 amide bonds. The van der Waals surface area contributed by atoms with Crippen LogP contribution in [0, 0.1) is 0 Å². The van der Waals surface area contributed by atoms with Crippen molar-refractivity contribution in [2.75, 3.05) is 20.2 Å². The van der Waals surface area contributed by atoms with Gasteiger partial charge in [-0.25, -0.2) is 4.79 Å². The molecular weight excluding hydrogens is 370 g/mol. The number of nitrogens with zero attached hydrogens (tertiary/aromatic N) is 2. The summed E-state index contributed by atoms with van der Waals surface area (Å²) in [5.41, 5.74) is 5.17. The number of methoxy groups -OCH3 is 1. The maximum absolute atomic E-state index is 13.0. The third-order valence-electron chi connectivity index (χ3n) is 6.03. The van der Waals surface area contributed by atoms with Gasteiger partial charge in [0.2, 0.25) is 0 Å². The van der Waals surface area contributed by atoms with Crippen molar-refractivity contribution in [3.63, 3.8) is 0 Å². The van der Waals surface area contributed by atoms with E-state index < -0.39 is 5.76 Å². The Labute approximate surface area is 167 Å². The third-order valence-corrected chi connectivity index (χ3v) is 6.03. The average molecular weight is 393 g/mol. The van der Waals surface area contributed by atoms with E-state index >= 15 is 0 Å². The second-order valence-electron chi connectivity index (χ2n) is 7.93. The number of nitrogens with one attached hydrogen (secondary N) is 1. The predicted molar refractivity (Wildman–Crippen MR) is 108 cm³/mol. The van der Waals surface area contributed by atoms with Crippen molar-refractivity contribution in [2.45, 2.75) is 32.2 Å². The fourth-order valence-corrected chi connectivity index (χ4v) is 4.30. The van der Waals surface area contributed by atoms with Gasteiger partial charge in [-0.2, -0.15) is 0 Å². The molecule has 2 aliphatic heterocycles. The van der Waals surface area contributed by atoms with Crippen LogP contribution in [0.5, 0.6) is 0 Å². The second-order valence-corrected chi connectivity index (χ2v) is 7.93. The predicted octanol–water partition coefficient (Wildman–Crippen LogP) is 2.67. The van der Waals surface area contributed by atoms with E-state index in [1.165, 1.54) is 5.56 Å². The third kappa shape index (κ3) is 3.16. The van der Waals surface area contributed by atoms with Gasteiger partial charge in [0, 0.05) is 38.9 Å². The van der Waals surface area contributed by atoms with E-state index in [0.29, 0.717) is 23.7 Å². The first-order valence-electron chi connectivity index (χ1n) is 9.82. The number of ether oxygens (including phenoxy) is 1. The van der Waals surface area contributed by atoms with E-state index in [1.807, 2.05) is 35.2 Å². The lowest BCUT2D eigenvalue weighted by atomic mass is 10.0. The molecule has 0 aliphatic carbocycles. The molecule has 1 fully saturated rings. The highest BCUT2D eigenvalue weighted by Crippen LogP contribution is 2.35. The number of oxazole rings is 1. The minimum atomic E-state index is -0.471. The van der Waals surface area contributed by atoms with E-state index in [9.17, 15) is 9.59 Å². The van der Waals surface area contributed by atoms with Crippen LogP contribution in [0.3, 0.4) is 0 Å². The number of aromatic amines is 1. The van der Waals surface area contributed by atoms with Gasteiger partial charge >= 0.3 is 5.76 Å². The zero-order chi connectivity index (χ0) is 20.1. The molecule has 3 heterocycles. The largest absolute Gasteiger partial charge is 0.417 e. The van der Waals surface area contributed by atoms with Gasteiger partial charge in [-0.15, -0.1) is 0 Å². The van der Waals surface area contributed by atoms with Crippen LogP contribution >= 0.6 is 0 Å². The number of likely N-dealkylation sites (tertiary alicyclic amines) is 1.